The average molecular weight is 284 g/mol. The minimum atomic E-state index is -0.200. The van der Waals surface area contributed by atoms with Crippen LogP contribution >= 0.6 is 0 Å². The second-order valence-electron chi connectivity index (χ2n) is 6.30. The molecule has 1 saturated carbocycles. The molecular formula is C18H24N2O. The lowest BCUT2D eigenvalue weighted by molar-refractivity contribution is 0.139. The number of rotatable bonds is 5. The maximum atomic E-state index is 10.4. The number of aromatic nitrogens is 2. The van der Waals surface area contributed by atoms with E-state index in [2.05, 4.69) is 43.2 Å². The molecule has 3 atom stereocenters. The van der Waals surface area contributed by atoms with Crippen molar-refractivity contribution in [3.63, 3.8) is 0 Å². The van der Waals surface area contributed by atoms with E-state index in [0.717, 1.165) is 25.0 Å². The van der Waals surface area contributed by atoms with Gasteiger partial charge in [0.15, 0.2) is 0 Å². The number of aliphatic hydroxyl groups excluding tert-OH is 1. The number of benzene rings is 1. The SMILES string of the molecule is Cc1nn(C)c(C)c1CCC(O)C1CC1c1ccccc1. The third-order valence-electron chi connectivity index (χ3n) is 4.91. The fourth-order valence-corrected chi connectivity index (χ4v) is 3.41. The first-order valence-electron chi connectivity index (χ1n) is 7.80. The zero-order valence-corrected chi connectivity index (χ0v) is 13.1. The van der Waals surface area contributed by atoms with Crippen LogP contribution < -0.4 is 0 Å². The molecule has 1 heterocycles. The average Bonchev–Trinajstić information content (AvgIpc) is 3.24. The maximum absolute atomic E-state index is 10.4. The van der Waals surface area contributed by atoms with Crippen LogP contribution in [0.5, 0.6) is 0 Å². The molecule has 0 amide bonds. The monoisotopic (exact) mass is 284 g/mol. The second kappa shape index (κ2) is 5.64. The molecule has 0 spiro atoms. The molecule has 0 bridgehead atoms. The molecule has 1 aromatic heterocycles. The van der Waals surface area contributed by atoms with E-state index in [-0.39, 0.29) is 6.10 Å². The Morgan fingerprint density at radius 3 is 2.62 bits per heavy atom. The lowest BCUT2D eigenvalue weighted by Crippen LogP contribution is -2.12. The van der Waals surface area contributed by atoms with Crippen LogP contribution in [0.2, 0.25) is 0 Å². The van der Waals surface area contributed by atoms with E-state index in [1.807, 2.05) is 17.8 Å². The second-order valence-corrected chi connectivity index (χ2v) is 6.30. The van der Waals surface area contributed by atoms with E-state index in [1.54, 1.807) is 0 Å². The Labute approximate surface area is 126 Å². The molecule has 3 unspecified atom stereocenters. The summed E-state index contributed by atoms with van der Waals surface area (Å²) in [6.45, 7) is 4.16. The molecule has 0 radical (unpaired) electrons. The van der Waals surface area contributed by atoms with Gasteiger partial charge < -0.3 is 5.11 Å². The summed E-state index contributed by atoms with van der Waals surface area (Å²) in [7, 11) is 1.98. The third-order valence-corrected chi connectivity index (χ3v) is 4.91. The molecule has 0 aliphatic heterocycles. The van der Waals surface area contributed by atoms with Gasteiger partial charge in [0, 0.05) is 12.7 Å². The molecule has 1 fully saturated rings. The van der Waals surface area contributed by atoms with Crippen LogP contribution in [-0.4, -0.2) is 21.0 Å². The number of nitrogens with zero attached hydrogens (tertiary/aromatic N) is 2. The highest BCUT2D eigenvalue weighted by atomic mass is 16.3. The lowest BCUT2D eigenvalue weighted by atomic mass is 10.0. The standard InChI is InChI=1S/C18H24N2O/c1-12-15(13(2)20(3)19-12)9-10-18(21)17-11-16(17)14-7-5-4-6-8-14/h4-8,16-18,21H,9-11H2,1-3H3. The first-order valence-corrected chi connectivity index (χ1v) is 7.80. The Morgan fingerprint density at radius 1 is 1.29 bits per heavy atom. The molecule has 1 N–H and O–H groups in total. The highest BCUT2D eigenvalue weighted by molar-refractivity contribution is 5.27. The fourth-order valence-electron chi connectivity index (χ4n) is 3.41. The van der Waals surface area contributed by atoms with Crippen molar-refractivity contribution in [1.82, 2.24) is 9.78 Å². The predicted molar refractivity (Wildman–Crippen MR) is 84.3 cm³/mol. The Balaban J connectivity index is 1.57. The minimum Gasteiger partial charge on any atom is -0.393 e. The zero-order chi connectivity index (χ0) is 15.0. The molecular weight excluding hydrogens is 260 g/mol. The van der Waals surface area contributed by atoms with E-state index in [1.165, 1.54) is 16.8 Å². The quantitative estimate of drug-likeness (QED) is 0.916. The van der Waals surface area contributed by atoms with Crippen molar-refractivity contribution >= 4 is 0 Å². The van der Waals surface area contributed by atoms with Gasteiger partial charge in [0.1, 0.15) is 0 Å². The van der Waals surface area contributed by atoms with Crippen molar-refractivity contribution in [2.75, 3.05) is 0 Å². The van der Waals surface area contributed by atoms with Gasteiger partial charge in [-0.05, 0) is 56.1 Å². The predicted octanol–water partition coefficient (Wildman–Crippen LogP) is 3.13. The van der Waals surface area contributed by atoms with Gasteiger partial charge in [0.05, 0.1) is 11.8 Å². The summed E-state index contributed by atoms with van der Waals surface area (Å²) in [4.78, 5) is 0. The lowest BCUT2D eigenvalue weighted by Gasteiger charge is -2.11. The maximum Gasteiger partial charge on any atom is 0.0628 e. The van der Waals surface area contributed by atoms with Gasteiger partial charge in [-0.25, -0.2) is 0 Å². The Hall–Kier alpha value is -1.61. The van der Waals surface area contributed by atoms with Crippen LogP contribution in [0.15, 0.2) is 30.3 Å². The molecule has 1 aromatic carbocycles. The molecule has 3 heteroatoms. The normalized spacial score (nSPS) is 22.3. The Bertz CT molecular complexity index is 618. The Morgan fingerprint density at radius 2 is 2.00 bits per heavy atom. The van der Waals surface area contributed by atoms with Gasteiger partial charge in [-0.15, -0.1) is 0 Å². The van der Waals surface area contributed by atoms with Crippen LogP contribution in [0, 0.1) is 19.8 Å². The molecule has 1 aliphatic rings. The van der Waals surface area contributed by atoms with Crippen LogP contribution in [0.1, 0.15) is 41.3 Å². The van der Waals surface area contributed by atoms with Crippen molar-refractivity contribution in [3.8, 4) is 0 Å². The summed E-state index contributed by atoms with van der Waals surface area (Å²) in [5, 5.41) is 14.9. The van der Waals surface area contributed by atoms with Crippen molar-refractivity contribution in [3.05, 3.63) is 52.8 Å². The molecule has 2 aromatic rings. The highest BCUT2D eigenvalue weighted by Crippen LogP contribution is 2.50. The summed E-state index contributed by atoms with van der Waals surface area (Å²) >= 11 is 0. The van der Waals surface area contributed by atoms with Crippen LogP contribution in [-0.2, 0) is 13.5 Å². The van der Waals surface area contributed by atoms with E-state index in [4.69, 9.17) is 0 Å². The first-order chi connectivity index (χ1) is 10.1. The van der Waals surface area contributed by atoms with Crippen molar-refractivity contribution < 1.29 is 5.11 Å². The van der Waals surface area contributed by atoms with Crippen LogP contribution in [0.4, 0.5) is 0 Å². The van der Waals surface area contributed by atoms with E-state index >= 15 is 0 Å². The largest absolute Gasteiger partial charge is 0.393 e. The molecule has 1 aliphatic carbocycles. The van der Waals surface area contributed by atoms with E-state index in [0.29, 0.717) is 11.8 Å². The third kappa shape index (κ3) is 2.88. The highest BCUT2D eigenvalue weighted by Gasteiger charge is 2.42. The van der Waals surface area contributed by atoms with Gasteiger partial charge >= 0.3 is 0 Å². The van der Waals surface area contributed by atoms with E-state index < -0.39 is 0 Å². The fraction of sp³-hybridized carbons (Fsp3) is 0.500. The van der Waals surface area contributed by atoms with Gasteiger partial charge in [-0.2, -0.15) is 5.10 Å². The smallest absolute Gasteiger partial charge is 0.0628 e. The molecule has 3 nitrogen and oxygen atoms in total. The molecule has 21 heavy (non-hydrogen) atoms. The van der Waals surface area contributed by atoms with Crippen LogP contribution in [0.25, 0.3) is 0 Å². The van der Waals surface area contributed by atoms with Gasteiger partial charge in [-0.1, -0.05) is 30.3 Å². The van der Waals surface area contributed by atoms with Gasteiger partial charge in [0.2, 0.25) is 0 Å². The number of hydrogen-bond acceptors (Lipinski definition) is 2. The molecule has 3 rings (SSSR count). The van der Waals surface area contributed by atoms with Gasteiger partial charge in [0.25, 0.3) is 0 Å². The zero-order valence-electron chi connectivity index (χ0n) is 13.1. The van der Waals surface area contributed by atoms with Crippen molar-refractivity contribution in [2.45, 2.75) is 45.1 Å². The van der Waals surface area contributed by atoms with E-state index in [9.17, 15) is 5.11 Å². The topological polar surface area (TPSA) is 38.0 Å². The molecule has 0 saturated heterocycles. The van der Waals surface area contributed by atoms with Crippen LogP contribution in [0.3, 0.4) is 0 Å². The summed E-state index contributed by atoms with van der Waals surface area (Å²) in [5.74, 6) is 0.988. The van der Waals surface area contributed by atoms with Crippen molar-refractivity contribution in [2.24, 2.45) is 13.0 Å². The summed E-state index contributed by atoms with van der Waals surface area (Å²) in [5.41, 5.74) is 4.98. The summed E-state index contributed by atoms with van der Waals surface area (Å²) in [6.07, 6.45) is 2.68. The number of aryl methyl sites for hydroxylation is 2. The number of aliphatic hydroxyl groups is 1. The number of hydrogen-bond donors (Lipinski definition) is 1. The first kappa shape index (κ1) is 14.3. The summed E-state index contributed by atoms with van der Waals surface area (Å²) < 4.78 is 1.93. The summed E-state index contributed by atoms with van der Waals surface area (Å²) in [6, 6.07) is 10.6. The minimum absolute atomic E-state index is 0.200. The van der Waals surface area contributed by atoms with Crippen molar-refractivity contribution in [1.29, 1.82) is 0 Å². The Kier molecular flexibility index (Phi) is 3.85. The molecule has 112 valence electrons. The van der Waals surface area contributed by atoms with Gasteiger partial charge in [-0.3, -0.25) is 4.68 Å².